The predicted octanol–water partition coefficient (Wildman–Crippen LogP) is 2.56. The first kappa shape index (κ1) is 15.5. The molecule has 21 heavy (non-hydrogen) atoms. The summed E-state index contributed by atoms with van der Waals surface area (Å²) in [5.41, 5.74) is -0.00905. The standard InChI is InChI=1S/C14H18N4O2S/c1-4-14(2,13(19)20)9-18-12(15-16-17-18)10-5-7-11(21-3)8-6-10/h5-8H,4,9H2,1-3H3,(H,19,20). The lowest BCUT2D eigenvalue weighted by Gasteiger charge is -2.22. The lowest BCUT2D eigenvalue weighted by molar-refractivity contribution is -0.149. The monoisotopic (exact) mass is 306 g/mol. The van der Waals surface area contributed by atoms with Crippen molar-refractivity contribution in [2.75, 3.05) is 6.26 Å². The van der Waals surface area contributed by atoms with E-state index < -0.39 is 11.4 Å². The molecule has 0 saturated heterocycles. The van der Waals surface area contributed by atoms with Gasteiger partial charge in [0.05, 0.1) is 12.0 Å². The molecule has 7 heteroatoms. The first-order chi connectivity index (χ1) is 10.00. The predicted molar refractivity (Wildman–Crippen MR) is 81.1 cm³/mol. The van der Waals surface area contributed by atoms with Crippen LogP contribution in [0.25, 0.3) is 11.4 Å². The van der Waals surface area contributed by atoms with Gasteiger partial charge in [-0.2, -0.15) is 0 Å². The van der Waals surface area contributed by atoms with Crippen LogP contribution >= 0.6 is 11.8 Å². The van der Waals surface area contributed by atoms with Gasteiger partial charge in [-0.3, -0.25) is 4.79 Å². The summed E-state index contributed by atoms with van der Waals surface area (Å²) in [7, 11) is 0. The first-order valence-corrected chi connectivity index (χ1v) is 7.86. The molecule has 1 aromatic carbocycles. The Kier molecular flexibility index (Phi) is 4.62. The van der Waals surface area contributed by atoms with E-state index in [1.165, 1.54) is 0 Å². The van der Waals surface area contributed by atoms with E-state index in [0.29, 0.717) is 12.2 Å². The molecule has 0 saturated carbocycles. The topological polar surface area (TPSA) is 80.9 Å². The average molecular weight is 306 g/mol. The number of hydrogen-bond donors (Lipinski definition) is 1. The van der Waals surface area contributed by atoms with Gasteiger partial charge in [-0.05, 0) is 42.2 Å². The highest BCUT2D eigenvalue weighted by Crippen LogP contribution is 2.27. The zero-order chi connectivity index (χ0) is 15.5. The molecule has 1 N–H and O–H groups in total. The van der Waals surface area contributed by atoms with Gasteiger partial charge < -0.3 is 5.11 Å². The number of rotatable bonds is 6. The van der Waals surface area contributed by atoms with Crippen molar-refractivity contribution in [3.05, 3.63) is 24.3 Å². The normalized spacial score (nSPS) is 13.9. The van der Waals surface area contributed by atoms with Gasteiger partial charge in [0.25, 0.3) is 0 Å². The van der Waals surface area contributed by atoms with Crippen LogP contribution in [0.5, 0.6) is 0 Å². The lowest BCUT2D eigenvalue weighted by atomic mass is 9.88. The van der Waals surface area contributed by atoms with Crippen molar-refractivity contribution in [3.63, 3.8) is 0 Å². The van der Waals surface area contributed by atoms with Crippen LogP contribution in [0.2, 0.25) is 0 Å². The van der Waals surface area contributed by atoms with Crippen LogP contribution < -0.4 is 0 Å². The number of carboxylic acid groups (broad SMARTS) is 1. The Morgan fingerprint density at radius 3 is 2.57 bits per heavy atom. The molecule has 0 radical (unpaired) electrons. The number of nitrogens with zero attached hydrogens (tertiary/aromatic N) is 4. The number of tetrazole rings is 1. The maximum atomic E-state index is 11.4. The molecule has 0 aliphatic heterocycles. The summed E-state index contributed by atoms with van der Waals surface area (Å²) in [6.07, 6.45) is 2.52. The summed E-state index contributed by atoms with van der Waals surface area (Å²) in [6.45, 7) is 3.80. The number of carboxylic acids is 1. The summed E-state index contributed by atoms with van der Waals surface area (Å²) in [4.78, 5) is 12.6. The number of thioether (sulfide) groups is 1. The second-order valence-electron chi connectivity index (χ2n) is 5.11. The minimum Gasteiger partial charge on any atom is -0.481 e. The Morgan fingerprint density at radius 2 is 2.05 bits per heavy atom. The highest BCUT2D eigenvalue weighted by atomic mass is 32.2. The zero-order valence-corrected chi connectivity index (χ0v) is 13.1. The molecule has 112 valence electrons. The maximum Gasteiger partial charge on any atom is 0.311 e. The first-order valence-electron chi connectivity index (χ1n) is 6.64. The van der Waals surface area contributed by atoms with E-state index in [9.17, 15) is 9.90 Å². The Balaban J connectivity index is 2.31. The zero-order valence-electron chi connectivity index (χ0n) is 12.3. The fourth-order valence-corrected chi connectivity index (χ4v) is 2.33. The van der Waals surface area contributed by atoms with E-state index >= 15 is 0 Å². The van der Waals surface area contributed by atoms with Crippen LogP contribution in [0.4, 0.5) is 0 Å². The van der Waals surface area contributed by atoms with Crippen LogP contribution in [0, 0.1) is 5.41 Å². The summed E-state index contributed by atoms with van der Waals surface area (Å²) < 4.78 is 1.56. The molecule has 1 heterocycles. The van der Waals surface area contributed by atoms with E-state index in [1.807, 2.05) is 37.4 Å². The number of carbonyl (C=O) groups is 1. The summed E-state index contributed by atoms with van der Waals surface area (Å²) in [6, 6.07) is 7.88. The summed E-state index contributed by atoms with van der Waals surface area (Å²) in [5.74, 6) is -0.257. The van der Waals surface area contributed by atoms with Gasteiger partial charge in [0.1, 0.15) is 0 Å². The van der Waals surface area contributed by atoms with Crippen LogP contribution in [-0.2, 0) is 11.3 Å². The molecule has 1 aromatic heterocycles. The van der Waals surface area contributed by atoms with Crippen molar-refractivity contribution in [1.82, 2.24) is 20.2 Å². The largest absolute Gasteiger partial charge is 0.481 e. The van der Waals surface area contributed by atoms with Crippen molar-refractivity contribution in [3.8, 4) is 11.4 Å². The molecular formula is C14H18N4O2S. The van der Waals surface area contributed by atoms with Crippen LogP contribution in [-0.4, -0.2) is 37.5 Å². The molecule has 0 spiro atoms. The van der Waals surface area contributed by atoms with Crippen molar-refractivity contribution < 1.29 is 9.90 Å². The molecule has 0 aliphatic rings. The maximum absolute atomic E-state index is 11.4. The van der Waals surface area contributed by atoms with Crippen molar-refractivity contribution in [2.24, 2.45) is 5.41 Å². The van der Waals surface area contributed by atoms with Gasteiger partial charge >= 0.3 is 5.97 Å². The fraction of sp³-hybridized carbons (Fsp3) is 0.429. The van der Waals surface area contributed by atoms with Gasteiger partial charge in [-0.15, -0.1) is 16.9 Å². The molecule has 2 aromatic rings. The van der Waals surface area contributed by atoms with E-state index in [2.05, 4.69) is 15.5 Å². The minimum absolute atomic E-state index is 0.242. The van der Waals surface area contributed by atoms with Crippen LogP contribution in [0.1, 0.15) is 20.3 Å². The van der Waals surface area contributed by atoms with E-state index in [0.717, 1.165) is 10.5 Å². The average Bonchev–Trinajstić information content (AvgIpc) is 2.95. The molecule has 0 fully saturated rings. The van der Waals surface area contributed by atoms with Gasteiger partial charge in [0, 0.05) is 10.5 Å². The molecule has 6 nitrogen and oxygen atoms in total. The number of aliphatic carboxylic acids is 1. The second kappa shape index (κ2) is 6.26. The third-order valence-corrected chi connectivity index (χ3v) is 4.42. The third-order valence-electron chi connectivity index (χ3n) is 3.68. The quantitative estimate of drug-likeness (QED) is 0.826. The molecule has 1 unspecified atom stereocenters. The van der Waals surface area contributed by atoms with Crippen LogP contribution in [0.3, 0.4) is 0 Å². The summed E-state index contributed by atoms with van der Waals surface area (Å²) in [5, 5.41) is 21.0. The van der Waals surface area contributed by atoms with E-state index in [1.54, 1.807) is 23.4 Å². The van der Waals surface area contributed by atoms with E-state index in [-0.39, 0.29) is 6.54 Å². The highest BCUT2D eigenvalue weighted by Gasteiger charge is 2.33. The van der Waals surface area contributed by atoms with Crippen molar-refractivity contribution in [2.45, 2.75) is 31.7 Å². The molecule has 1 atom stereocenters. The SMILES string of the molecule is CCC(C)(Cn1nnnc1-c1ccc(SC)cc1)C(=O)O. The van der Waals surface area contributed by atoms with Gasteiger partial charge in [0.2, 0.25) is 0 Å². The van der Waals surface area contributed by atoms with E-state index in [4.69, 9.17) is 0 Å². The van der Waals surface area contributed by atoms with Crippen LogP contribution in [0.15, 0.2) is 29.2 Å². The lowest BCUT2D eigenvalue weighted by Crippen LogP contribution is -2.32. The van der Waals surface area contributed by atoms with Gasteiger partial charge in [-0.25, -0.2) is 4.68 Å². The second-order valence-corrected chi connectivity index (χ2v) is 5.99. The molecule has 2 rings (SSSR count). The Hall–Kier alpha value is -1.89. The number of aromatic nitrogens is 4. The third kappa shape index (κ3) is 3.24. The van der Waals surface area contributed by atoms with Crippen molar-refractivity contribution in [1.29, 1.82) is 0 Å². The summed E-state index contributed by atoms with van der Waals surface area (Å²) >= 11 is 1.66. The Labute approximate surface area is 127 Å². The van der Waals surface area contributed by atoms with Gasteiger partial charge in [0.15, 0.2) is 5.82 Å². The van der Waals surface area contributed by atoms with Gasteiger partial charge in [-0.1, -0.05) is 19.1 Å². The molecule has 0 aliphatic carbocycles. The Bertz CT molecular complexity index is 626. The minimum atomic E-state index is -0.886. The van der Waals surface area contributed by atoms with Crippen molar-refractivity contribution >= 4 is 17.7 Å². The highest BCUT2D eigenvalue weighted by molar-refractivity contribution is 7.98. The molecule has 0 amide bonds. The smallest absolute Gasteiger partial charge is 0.311 e. The molecular weight excluding hydrogens is 288 g/mol. The Morgan fingerprint density at radius 1 is 1.38 bits per heavy atom. The fourth-order valence-electron chi connectivity index (χ4n) is 1.92. The molecule has 0 bridgehead atoms. The number of benzene rings is 1. The number of hydrogen-bond acceptors (Lipinski definition) is 5.